The van der Waals surface area contributed by atoms with E-state index in [0.29, 0.717) is 0 Å². The maximum atomic E-state index is 12.1. The van der Waals surface area contributed by atoms with Gasteiger partial charge in [0.2, 0.25) is 0 Å². The maximum absolute atomic E-state index is 12.1. The summed E-state index contributed by atoms with van der Waals surface area (Å²) in [5.41, 5.74) is 4.86. The lowest BCUT2D eigenvalue weighted by atomic mass is 9.78. The molecule has 0 amide bonds. The second kappa shape index (κ2) is 8.56. The van der Waals surface area contributed by atoms with E-state index in [1.165, 1.54) is 34.1 Å². The van der Waals surface area contributed by atoms with Crippen LogP contribution in [0.5, 0.6) is 0 Å². The zero-order valence-corrected chi connectivity index (χ0v) is 20.2. The van der Waals surface area contributed by atoms with Crippen molar-refractivity contribution in [2.75, 3.05) is 26.2 Å². The van der Waals surface area contributed by atoms with Crippen molar-refractivity contribution in [1.82, 2.24) is 19.7 Å². The monoisotopic (exact) mass is 456 g/mol. The highest BCUT2D eigenvalue weighted by Crippen LogP contribution is 2.49. The standard InChI is InChI=1S/C29H36N4O/c1-28(34,32-17-8-3-9-18-32)33-19-14-25-24-12-6-7-13-26(24)30-27(25)29(33)15-20-31(21-16-29)22-23-10-4-2-5-11-23/h2,4-7,10-14,19,30,34H,3,8-9,15-18,20-22H2,1H3. The third-order valence-corrected chi connectivity index (χ3v) is 8.41. The first-order chi connectivity index (χ1) is 16.6. The van der Waals surface area contributed by atoms with Crippen LogP contribution in [0.3, 0.4) is 0 Å². The van der Waals surface area contributed by atoms with Crippen LogP contribution in [0, 0.1) is 0 Å². The summed E-state index contributed by atoms with van der Waals surface area (Å²) in [5, 5.41) is 13.3. The molecule has 2 aromatic carbocycles. The minimum absolute atomic E-state index is 0.253. The lowest BCUT2D eigenvalue weighted by molar-refractivity contribution is -0.231. The Morgan fingerprint density at radius 2 is 1.62 bits per heavy atom. The molecule has 6 rings (SSSR count). The molecule has 0 radical (unpaired) electrons. The molecule has 4 heterocycles. The first-order valence-corrected chi connectivity index (χ1v) is 12.9. The van der Waals surface area contributed by atoms with Crippen LogP contribution in [0.15, 0.2) is 60.8 Å². The van der Waals surface area contributed by atoms with Gasteiger partial charge in [0.25, 0.3) is 0 Å². The summed E-state index contributed by atoms with van der Waals surface area (Å²) < 4.78 is 0. The van der Waals surface area contributed by atoms with Gasteiger partial charge in [0.15, 0.2) is 5.85 Å². The van der Waals surface area contributed by atoms with E-state index >= 15 is 0 Å². The van der Waals surface area contributed by atoms with Crippen molar-refractivity contribution in [3.05, 3.63) is 77.6 Å². The number of rotatable bonds is 4. The largest absolute Gasteiger partial charge is 0.358 e. The highest BCUT2D eigenvalue weighted by molar-refractivity contribution is 5.91. The SMILES string of the molecule is CC(O)(N1CCCCC1)N1C=Cc2c([nH]c3ccccc23)C12CCN(Cc1ccccc1)CC2. The Morgan fingerprint density at radius 3 is 2.38 bits per heavy atom. The van der Waals surface area contributed by atoms with Crippen molar-refractivity contribution >= 4 is 17.0 Å². The average molecular weight is 457 g/mol. The molecule has 2 fully saturated rings. The molecule has 2 saturated heterocycles. The average Bonchev–Trinajstić information content (AvgIpc) is 3.27. The molecule has 0 saturated carbocycles. The normalized spacial score (nSPS) is 22.7. The van der Waals surface area contributed by atoms with Gasteiger partial charge >= 0.3 is 0 Å². The van der Waals surface area contributed by atoms with E-state index in [-0.39, 0.29) is 5.54 Å². The number of para-hydroxylation sites is 1. The van der Waals surface area contributed by atoms with Gasteiger partial charge in [-0.1, -0.05) is 55.0 Å². The Morgan fingerprint density at radius 1 is 0.912 bits per heavy atom. The lowest BCUT2D eigenvalue weighted by Crippen LogP contribution is -2.66. The van der Waals surface area contributed by atoms with Crippen LogP contribution in [0.2, 0.25) is 0 Å². The first-order valence-electron chi connectivity index (χ1n) is 12.9. The Labute approximate surface area is 202 Å². The van der Waals surface area contributed by atoms with Gasteiger partial charge < -0.3 is 15.0 Å². The van der Waals surface area contributed by atoms with Crippen LogP contribution >= 0.6 is 0 Å². The van der Waals surface area contributed by atoms with Crippen LogP contribution in [-0.2, 0) is 12.1 Å². The zero-order chi connectivity index (χ0) is 23.2. The number of aliphatic hydroxyl groups is 1. The fourth-order valence-electron chi connectivity index (χ4n) is 6.55. The molecule has 3 aliphatic heterocycles. The zero-order valence-electron chi connectivity index (χ0n) is 20.2. The molecule has 1 spiro atoms. The third-order valence-electron chi connectivity index (χ3n) is 8.41. The van der Waals surface area contributed by atoms with Gasteiger partial charge in [-0.05, 0) is 50.3 Å². The van der Waals surface area contributed by atoms with Gasteiger partial charge in [-0.25, -0.2) is 0 Å². The van der Waals surface area contributed by atoms with E-state index in [0.717, 1.165) is 58.4 Å². The van der Waals surface area contributed by atoms with E-state index in [1.807, 2.05) is 6.92 Å². The van der Waals surface area contributed by atoms with Crippen LogP contribution < -0.4 is 0 Å². The Bertz CT molecular complexity index is 1170. The summed E-state index contributed by atoms with van der Waals surface area (Å²) in [6.07, 6.45) is 9.93. The van der Waals surface area contributed by atoms with Gasteiger partial charge in [0.05, 0.1) is 5.54 Å². The Balaban J connectivity index is 1.37. The van der Waals surface area contributed by atoms with Crippen LogP contribution in [0.4, 0.5) is 0 Å². The minimum atomic E-state index is -1.02. The summed E-state index contributed by atoms with van der Waals surface area (Å²) in [4.78, 5) is 10.9. The lowest BCUT2D eigenvalue weighted by Gasteiger charge is -2.57. The number of aromatic amines is 1. The summed E-state index contributed by atoms with van der Waals surface area (Å²) in [7, 11) is 0. The van der Waals surface area contributed by atoms with E-state index in [2.05, 4.69) is 86.6 Å². The predicted molar refractivity (Wildman–Crippen MR) is 138 cm³/mol. The molecule has 1 aromatic heterocycles. The minimum Gasteiger partial charge on any atom is -0.358 e. The second-order valence-corrected chi connectivity index (χ2v) is 10.5. The Kier molecular flexibility index (Phi) is 5.51. The van der Waals surface area contributed by atoms with Crippen molar-refractivity contribution in [3.8, 4) is 0 Å². The number of benzene rings is 2. The molecular weight excluding hydrogens is 420 g/mol. The number of fused-ring (bicyclic) bond motifs is 4. The molecular formula is C29H36N4O. The molecule has 5 nitrogen and oxygen atoms in total. The maximum Gasteiger partial charge on any atom is 0.195 e. The number of likely N-dealkylation sites (tertiary alicyclic amines) is 2. The highest BCUT2D eigenvalue weighted by Gasteiger charge is 2.52. The summed E-state index contributed by atoms with van der Waals surface area (Å²) in [5.74, 6) is -1.02. The Hall–Kier alpha value is -2.60. The van der Waals surface area contributed by atoms with E-state index in [4.69, 9.17) is 0 Å². The summed E-state index contributed by atoms with van der Waals surface area (Å²) >= 11 is 0. The number of hydrogen-bond donors (Lipinski definition) is 2. The summed E-state index contributed by atoms with van der Waals surface area (Å²) in [6.45, 7) is 6.90. The van der Waals surface area contributed by atoms with Crippen LogP contribution in [0.25, 0.3) is 17.0 Å². The number of nitrogens with zero attached hydrogens (tertiary/aromatic N) is 3. The van der Waals surface area contributed by atoms with Crippen molar-refractivity contribution in [2.45, 2.75) is 57.0 Å². The van der Waals surface area contributed by atoms with Crippen molar-refractivity contribution in [2.24, 2.45) is 0 Å². The number of hydrogen-bond acceptors (Lipinski definition) is 4. The molecule has 5 heteroatoms. The predicted octanol–water partition coefficient (Wildman–Crippen LogP) is 5.10. The molecule has 1 unspecified atom stereocenters. The molecule has 1 atom stereocenters. The van der Waals surface area contributed by atoms with Gasteiger partial charge in [0, 0.05) is 61.1 Å². The third kappa shape index (κ3) is 3.58. The molecule has 34 heavy (non-hydrogen) atoms. The van der Waals surface area contributed by atoms with Crippen molar-refractivity contribution in [1.29, 1.82) is 0 Å². The molecule has 2 N–H and O–H groups in total. The molecule has 3 aliphatic rings. The quantitative estimate of drug-likeness (QED) is 0.574. The van der Waals surface area contributed by atoms with E-state index < -0.39 is 5.85 Å². The van der Waals surface area contributed by atoms with Gasteiger partial charge in [-0.15, -0.1) is 0 Å². The number of nitrogens with one attached hydrogen (secondary N) is 1. The topological polar surface area (TPSA) is 45.7 Å². The fourth-order valence-corrected chi connectivity index (χ4v) is 6.55. The van der Waals surface area contributed by atoms with Gasteiger partial charge in [0.1, 0.15) is 0 Å². The van der Waals surface area contributed by atoms with Gasteiger partial charge in [-0.3, -0.25) is 9.80 Å². The molecule has 0 aliphatic carbocycles. The number of aromatic nitrogens is 1. The van der Waals surface area contributed by atoms with Crippen LogP contribution in [0.1, 0.15) is 55.8 Å². The number of H-pyrrole nitrogens is 1. The molecule has 3 aromatic rings. The van der Waals surface area contributed by atoms with E-state index in [1.54, 1.807) is 0 Å². The smallest absolute Gasteiger partial charge is 0.195 e. The highest BCUT2D eigenvalue weighted by atomic mass is 16.3. The van der Waals surface area contributed by atoms with Crippen molar-refractivity contribution < 1.29 is 5.11 Å². The van der Waals surface area contributed by atoms with Crippen LogP contribution in [-0.4, -0.2) is 56.8 Å². The molecule has 0 bridgehead atoms. The van der Waals surface area contributed by atoms with Crippen molar-refractivity contribution in [3.63, 3.8) is 0 Å². The number of piperidine rings is 2. The molecule has 178 valence electrons. The van der Waals surface area contributed by atoms with E-state index in [9.17, 15) is 5.11 Å². The van der Waals surface area contributed by atoms with Gasteiger partial charge in [-0.2, -0.15) is 0 Å². The fraction of sp³-hybridized carbons (Fsp3) is 0.448. The second-order valence-electron chi connectivity index (χ2n) is 10.5. The summed E-state index contributed by atoms with van der Waals surface area (Å²) in [6, 6.07) is 19.4. The first kappa shape index (κ1) is 21.9.